The second-order valence-electron chi connectivity index (χ2n) is 4.56. The van der Waals surface area contributed by atoms with Crippen LogP contribution < -0.4 is 10.1 Å². The average Bonchev–Trinajstić information content (AvgIpc) is 2.50. The molecule has 1 N–H and O–H groups in total. The van der Waals surface area contributed by atoms with Crippen molar-refractivity contribution in [1.82, 2.24) is 5.32 Å². The molecule has 0 aliphatic heterocycles. The molecule has 1 aromatic rings. The van der Waals surface area contributed by atoms with E-state index in [9.17, 15) is 32.9 Å². The number of esters is 1. The Bertz CT molecular complexity index is 647. The van der Waals surface area contributed by atoms with Gasteiger partial charge in [0, 0.05) is 17.7 Å². The lowest BCUT2D eigenvalue weighted by Gasteiger charge is -2.13. The molecule has 0 saturated heterocycles. The van der Waals surface area contributed by atoms with E-state index in [1.165, 1.54) is 6.92 Å². The molecule has 11 heteroatoms. The Kier molecular flexibility index (Phi) is 6.09. The van der Waals surface area contributed by atoms with Crippen LogP contribution in [0.5, 0.6) is 5.75 Å². The average molecular weight is 350 g/mol. The molecule has 0 aromatic heterocycles. The summed E-state index contributed by atoms with van der Waals surface area (Å²) in [6.45, 7) is -0.423. The first-order chi connectivity index (χ1) is 11.0. The van der Waals surface area contributed by atoms with Crippen molar-refractivity contribution in [2.45, 2.75) is 19.1 Å². The SMILES string of the molecule is COC(=O)[C@H](C)NC(=O)c1ccc([N+](=O)[O-])c(OCC(F)(F)F)c1. The van der Waals surface area contributed by atoms with Crippen molar-refractivity contribution in [1.29, 1.82) is 0 Å². The van der Waals surface area contributed by atoms with Crippen LogP contribution in [0.4, 0.5) is 18.9 Å². The van der Waals surface area contributed by atoms with Gasteiger partial charge in [0.1, 0.15) is 6.04 Å². The number of hydrogen-bond acceptors (Lipinski definition) is 6. The highest BCUT2D eigenvalue weighted by Crippen LogP contribution is 2.29. The van der Waals surface area contributed by atoms with Crippen LogP contribution in [0.3, 0.4) is 0 Å². The summed E-state index contributed by atoms with van der Waals surface area (Å²) in [5, 5.41) is 13.0. The molecule has 132 valence electrons. The van der Waals surface area contributed by atoms with Crippen LogP contribution in [-0.4, -0.2) is 42.7 Å². The summed E-state index contributed by atoms with van der Waals surface area (Å²) in [6, 6.07) is 1.64. The number of rotatable bonds is 6. The van der Waals surface area contributed by atoms with E-state index in [0.29, 0.717) is 0 Å². The van der Waals surface area contributed by atoms with E-state index in [0.717, 1.165) is 25.3 Å². The van der Waals surface area contributed by atoms with Crippen LogP contribution in [0.15, 0.2) is 18.2 Å². The van der Waals surface area contributed by atoms with Gasteiger partial charge in [0.2, 0.25) is 0 Å². The van der Waals surface area contributed by atoms with Gasteiger partial charge in [0.05, 0.1) is 12.0 Å². The maximum absolute atomic E-state index is 12.2. The molecule has 1 rings (SSSR count). The van der Waals surface area contributed by atoms with Gasteiger partial charge < -0.3 is 14.8 Å². The fraction of sp³-hybridized carbons (Fsp3) is 0.385. The predicted octanol–water partition coefficient (Wildman–Crippen LogP) is 1.83. The Morgan fingerprint density at radius 2 is 2.00 bits per heavy atom. The van der Waals surface area contributed by atoms with Crippen molar-refractivity contribution in [2.75, 3.05) is 13.7 Å². The highest BCUT2D eigenvalue weighted by Gasteiger charge is 2.30. The zero-order valence-corrected chi connectivity index (χ0v) is 12.5. The minimum atomic E-state index is -4.70. The molecule has 8 nitrogen and oxygen atoms in total. The summed E-state index contributed by atoms with van der Waals surface area (Å²) in [5.74, 6) is -2.28. The Hall–Kier alpha value is -2.85. The van der Waals surface area contributed by atoms with E-state index in [1.54, 1.807) is 0 Å². The molecule has 0 fully saturated rings. The number of hydrogen-bond donors (Lipinski definition) is 1. The number of ether oxygens (including phenoxy) is 2. The summed E-state index contributed by atoms with van der Waals surface area (Å²) >= 11 is 0. The Balaban J connectivity index is 3.02. The quantitative estimate of drug-likeness (QED) is 0.476. The normalized spacial score (nSPS) is 12.2. The smallest absolute Gasteiger partial charge is 0.422 e. The van der Waals surface area contributed by atoms with Gasteiger partial charge in [0.15, 0.2) is 12.4 Å². The molecule has 0 saturated carbocycles. The zero-order chi connectivity index (χ0) is 18.5. The summed E-state index contributed by atoms with van der Waals surface area (Å²) in [5.41, 5.74) is -0.939. The monoisotopic (exact) mass is 350 g/mol. The second-order valence-corrected chi connectivity index (χ2v) is 4.56. The molecular weight excluding hydrogens is 337 g/mol. The van der Waals surface area contributed by atoms with Gasteiger partial charge in [-0.1, -0.05) is 0 Å². The molecule has 0 spiro atoms. The molecule has 0 aliphatic rings. The minimum absolute atomic E-state index is 0.214. The molecule has 1 amide bonds. The Labute approximate surface area is 133 Å². The van der Waals surface area contributed by atoms with E-state index in [2.05, 4.69) is 14.8 Å². The maximum Gasteiger partial charge on any atom is 0.422 e. The van der Waals surface area contributed by atoms with Gasteiger partial charge >= 0.3 is 17.8 Å². The topological polar surface area (TPSA) is 108 Å². The zero-order valence-electron chi connectivity index (χ0n) is 12.5. The molecule has 0 heterocycles. The lowest BCUT2D eigenvalue weighted by molar-refractivity contribution is -0.386. The first-order valence-corrected chi connectivity index (χ1v) is 6.42. The predicted molar refractivity (Wildman–Crippen MR) is 73.6 cm³/mol. The fourth-order valence-electron chi connectivity index (χ4n) is 1.60. The van der Waals surface area contributed by atoms with Crippen LogP contribution in [0.1, 0.15) is 17.3 Å². The molecule has 0 aliphatic carbocycles. The largest absolute Gasteiger partial charge is 0.477 e. The number of nitro benzene ring substituents is 1. The number of nitro groups is 1. The van der Waals surface area contributed by atoms with Gasteiger partial charge in [0.25, 0.3) is 5.91 Å². The van der Waals surface area contributed by atoms with Crippen LogP contribution in [0, 0.1) is 10.1 Å². The minimum Gasteiger partial charge on any atom is -0.477 e. The van der Waals surface area contributed by atoms with Crippen molar-refractivity contribution in [3.63, 3.8) is 0 Å². The molecule has 24 heavy (non-hydrogen) atoms. The fourth-order valence-corrected chi connectivity index (χ4v) is 1.60. The Morgan fingerprint density at radius 1 is 1.38 bits per heavy atom. The summed E-state index contributed by atoms with van der Waals surface area (Å²) in [6.07, 6.45) is -4.70. The molecule has 0 bridgehead atoms. The highest BCUT2D eigenvalue weighted by molar-refractivity contribution is 5.97. The number of alkyl halides is 3. The second kappa shape index (κ2) is 7.62. The number of halogens is 3. The summed E-state index contributed by atoms with van der Waals surface area (Å²) in [7, 11) is 1.11. The number of benzene rings is 1. The number of amides is 1. The van der Waals surface area contributed by atoms with Crippen molar-refractivity contribution in [2.24, 2.45) is 0 Å². The first kappa shape index (κ1) is 19.2. The standard InChI is InChI=1S/C13H13F3N2O6/c1-7(12(20)23-2)17-11(19)8-3-4-9(18(21)22)10(5-8)24-6-13(14,15)16/h3-5,7H,6H2,1-2H3,(H,17,19)/t7-/m0/s1. The third kappa shape index (κ3) is 5.41. The van der Waals surface area contributed by atoms with Crippen molar-refractivity contribution in [3.05, 3.63) is 33.9 Å². The summed E-state index contributed by atoms with van der Waals surface area (Å²) < 4.78 is 45.4. The van der Waals surface area contributed by atoms with Crippen molar-refractivity contribution < 1.29 is 37.2 Å². The number of carbonyl (C=O) groups is 2. The van der Waals surface area contributed by atoms with E-state index >= 15 is 0 Å². The molecule has 0 unspecified atom stereocenters. The van der Waals surface area contributed by atoms with E-state index in [-0.39, 0.29) is 5.56 Å². The van der Waals surface area contributed by atoms with Crippen LogP contribution in [-0.2, 0) is 9.53 Å². The Morgan fingerprint density at radius 3 is 2.50 bits per heavy atom. The van der Waals surface area contributed by atoms with E-state index in [4.69, 9.17) is 0 Å². The van der Waals surface area contributed by atoms with Crippen LogP contribution in [0.25, 0.3) is 0 Å². The van der Waals surface area contributed by atoms with E-state index < -0.39 is 47.1 Å². The molecule has 1 atom stereocenters. The lowest BCUT2D eigenvalue weighted by atomic mass is 10.1. The van der Waals surface area contributed by atoms with Gasteiger partial charge in [-0.05, 0) is 13.0 Å². The van der Waals surface area contributed by atoms with Crippen molar-refractivity contribution >= 4 is 17.6 Å². The first-order valence-electron chi connectivity index (χ1n) is 6.42. The third-order valence-corrected chi connectivity index (χ3v) is 2.71. The third-order valence-electron chi connectivity index (χ3n) is 2.71. The van der Waals surface area contributed by atoms with Gasteiger partial charge in [-0.15, -0.1) is 0 Å². The van der Waals surface area contributed by atoms with Gasteiger partial charge in [-0.25, -0.2) is 4.79 Å². The molecule has 0 radical (unpaired) electrons. The summed E-state index contributed by atoms with van der Waals surface area (Å²) in [4.78, 5) is 33.0. The highest BCUT2D eigenvalue weighted by atomic mass is 19.4. The number of nitrogens with one attached hydrogen (secondary N) is 1. The number of methoxy groups -OCH3 is 1. The van der Waals surface area contributed by atoms with E-state index in [1.807, 2.05) is 0 Å². The lowest BCUT2D eigenvalue weighted by Crippen LogP contribution is -2.39. The van der Waals surface area contributed by atoms with Crippen molar-refractivity contribution in [3.8, 4) is 5.75 Å². The van der Waals surface area contributed by atoms with Crippen LogP contribution >= 0.6 is 0 Å². The van der Waals surface area contributed by atoms with Gasteiger partial charge in [-0.3, -0.25) is 14.9 Å². The molecule has 1 aromatic carbocycles. The number of nitrogens with zero attached hydrogens (tertiary/aromatic N) is 1. The van der Waals surface area contributed by atoms with Crippen LogP contribution in [0.2, 0.25) is 0 Å². The van der Waals surface area contributed by atoms with Gasteiger partial charge in [-0.2, -0.15) is 13.2 Å². The number of carbonyl (C=O) groups excluding carboxylic acids is 2. The molecular formula is C13H13F3N2O6. The maximum atomic E-state index is 12.2.